The first-order valence-electron chi connectivity index (χ1n) is 7.99. The molecule has 0 saturated carbocycles. The van der Waals surface area contributed by atoms with Gasteiger partial charge in [0.05, 0.1) is 17.1 Å². The summed E-state index contributed by atoms with van der Waals surface area (Å²) in [5, 5.41) is 4.59. The van der Waals surface area contributed by atoms with Gasteiger partial charge in [0.2, 0.25) is 0 Å². The molecule has 0 bridgehead atoms. The third-order valence-corrected chi connectivity index (χ3v) is 4.06. The minimum atomic E-state index is -1.48. The zero-order chi connectivity index (χ0) is 18.1. The van der Waals surface area contributed by atoms with Crippen molar-refractivity contribution in [3.63, 3.8) is 0 Å². The average molecular weight is 350 g/mol. The van der Waals surface area contributed by atoms with E-state index in [0.717, 1.165) is 23.4 Å². The molecule has 5 heteroatoms. The van der Waals surface area contributed by atoms with E-state index in [9.17, 15) is 13.2 Å². The first-order valence-corrected chi connectivity index (χ1v) is 7.99. The Bertz CT molecular complexity index is 1030. The fraction of sp³-hybridized carbons (Fsp3) is 0. The van der Waals surface area contributed by atoms with Crippen molar-refractivity contribution in [2.75, 3.05) is 0 Å². The van der Waals surface area contributed by atoms with E-state index in [1.54, 1.807) is 10.7 Å². The van der Waals surface area contributed by atoms with Crippen LogP contribution in [0, 0.1) is 17.5 Å². The van der Waals surface area contributed by atoms with Crippen LogP contribution in [-0.4, -0.2) is 9.78 Å². The van der Waals surface area contributed by atoms with E-state index in [1.807, 2.05) is 60.7 Å². The Kier molecular flexibility index (Phi) is 4.05. The lowest BCUT2D eigenvalue weighted by atomic mass is 10.1. The fourth-order valence-corrected chi connectivity index (χ4v) is 2.81. The van der Waals surface area contributed by atoms with Gasteiger partial charge in [-0.25, -0.2) is 17.9 Å². The number of nitrogens with zero attached hydrogens (tertiary/aromatic N) is 2. The smallest absolute Gasteiger partial charge is 0.194 e. The molecule has 0 aliphatic carbocycles. The summed E-state index contributed by atoms with van der Waals surface area (Å²) in [4.78, 5) is 0. The molecular formula is C21H13F3N2. The average Bonchev–Trinajstić information content (AvgIpc) is 3.12. The highest BCUT2D eigenvalue weighted by Crippen LogP contribution is 2.30. The van der Waals surface area contributed by atoms with Crippen LogP contribution in [0.1, 0.15) is 0 Å². The molecule has 128 valence electrons. The molecule has 3 aromatic carbocycles. The molecule has 0 aliphatic heterocycles. The maximum absolute atomic E-state index is 13.7. The highest BCUT2D eigenvalue weighted by Gasteiger charge is 2.17. The van der Waals surface area contributed by atoms with Gasteiger partial charge in [0, 0.05) is 11.1 Å². The predicted octanol–water partition coefficient (Wildman–Crippen LogP) is 5.62. The van der Waals surface area contributed by atoms with Crippen LogP contribution >= 0.6 is 0 Å². The van der Waals surface area contributed by atoms with Crippen molar-refractivity contribution >= 4 is 0 Å². The lowest BCUT2D eigenvalue weighted by molar-refractivity contribution is 0.447. The molecule has 4 rings (SSSR count). The summed E-state index contributed by atoms with van der Waals surface area (Å²) in [7, 11) is 0. The van der Waals surface area contributed by atoms with Gasteiger partial charge in [-0.2, -0.15) is 5.10 Å². The van der Waals surface area contributed by atoms with Crippen molar-refractivity contribution < 1.29 is 13.2 Å². The molecule has 0 aliphatic rings. The van der Waals surface area contributed by atoms with Crippen LogP contribution in [0.4, 0.5) is 13.2 Å². The SMILES string of the molecule is Fc1cc(-c2cc(-c3ccccc3)nn2-c2ccccc2)cc(F)c1F. The first kappa shape index (κ1) is 16.1. The maximum Gasteiger partial charge on any atom is 0.194 e. The zero-order valence-electron chi connectivity index (χ0n) is 13.5. The molecule has 0 unspecified atom stereocenters. The van der Waals surface area contributed by atoms with Crippen LogP contribution in [0.3, 0.4) is 0 Å². The van der Waals surface area contributed by atoms with Crippen molar-refractivity contribution in [3.8, 4) is 28.2 Å². The van der Waals surface area contributed by atoms with E-state index in [1.165, 1.54) is 0 Å². The molecule has 0 radical (unpaired) electrons. The lowest BCUT2D eigenvalue weighted by Gasteiger charge is -2.08. The Morgan fingerprint density at radius 2 is 1.23 bits per heavy atom. The van der Waals surface area contributed by atoms with Gasteiger partial charge in [-0.05, 0) is 30.3 Å². The minimum Gasteiger partial charge on any atom is -0.232 e. The van der Waals surface area contributed by atoms with Crippen molar-refractivity contribution in [2.45, 2.75) is 0 Å². The van der Waals surface area contributed by atoms with Gasteiger partial charge in [0.15, 0.2) is 17.5 Å². The molecule has 0 saturated heterocycles. The van der Waals surface area contributed by atoms with E-state index in [4.69, 9.17) is 0 Å². The van der Waals surface area contributed by atoms with Crippen LogP contribution in [0.2, 0.25) is 0 Å². The fourth-order valence-electron chi connectivity index (χ4n) is 2.81. The Morgan fingerprint density at radius 3 is 1.85 bits per heavy atom. The van der Waals surface area contributed by atoms with Crippen molar-refractivity contribution in [3.05, 3.63) is 96.3 Å². The number of hydrogen-bond donors (Lipinski definition) is 0. The van der Waals surface area contributed by atoms with Gasteiger partial charge >= 0.3 is 0 Å². The third kappa shape index (κ3) is 2.88. The molecule has 0 amide bonds. The Balaban J connectivity index is 1.94. The van der Waals surface area contributed by atoms with E-state index >= 15 is 0 Å². The number of benzene rings is 3. The summed E-state index contributed by atoms with van der Waals surface area (Å²) in [5.41, 5.74) is 2.92. The lowest BCUT2D eigenvalue weighted by Crippen LogP contribution is -2.00. The number of aromatic nitrogens is 2. The first-order chi connectivity index (χ1) is 12.6. The predicted molar refractivity (Wildman–Crippen MR) is 94.3 cm³/mol. The molecule has 0 spiro atoms. The second-order valence-corrected chi connectivity index (χ2v) is 5.78. The molecule has 2 nitrogen and oxygen atoms in total. The zero-order valence-corrected chi connectivity index (χ0v) is 13.5. The van der Waals surface area contributed by atoms with Crippen LogP contribution in [0.25, 0.3) is 28.2 Å². The van der Waals surface area contributed by atoms with Gasteiger partial charge < -0.3 is 0 Å². The molecule has 26 heavy (non-hydrogen) atoms. The summed E-state index contributed by atoms with van der Waals surface area (Å²) < 4.78 is 42.4. The van der Waals surface area contributed by atoms with Gasteiger partial charge in [-0.1, -0.05) is 48.5 Å². The van der Waals surface area contributed by atoms with E-state index in [0.29, 0.717) is 11.4 Å². The number of halogens is 3. The molecule has 0 N–H and O–H groups in total. The van der Waals surface area contributed by atoms with E-state index < -0.39 is 17.5 Å². The Hall–Kier alpha value is -3.34. The van der Waals surface area contributed by atoms with Crippen molar-refractivity contribution in [1.29, 1.82) is 0 Å². The standard InChI is InChI=1S/C21H13F3N2/c22-17-11-15(12-18(23)21(17)24)20-13-19(14-7-3-1-4-8-14)25-26(20)16-9-5-2-6-10-16/h1-13H. The number of rotatable bonds is 3. The minimum absolute atomic E-state index is 0.208. The highest BCUT2D eigenvalue weighted by atomic mass is 19.2. The highest BCUT2D eigenvalue weighted by molar-refractivity contribution is 5.70. The summed E-state index contributed by atoms with van der Waals surface area (Å²) >= 11 is 0. The normalized spacial score (nSPS) is 10.9. The van der Waals surface area contributed by atoms with Gasteiger partial charge in [-0.15, -0.1) is 0 Å². The Morgan fingerprint density at radius 1 is 0.654 bits per heavy atom. The summed E-state index contributed by atoms with van der Waals surface area (Å²) in [6, 6.07) is 22.3. The monoisotopic (exact) mass is 350 g/mol. The van der Waals surface area contributed by atoms with Crippen LogP contribution in [0.15, 0.2) is 78.9 Å². The summed E-state index contributed by atoms with van der Waals surface area (Å²) in [6.45, 7) is 0. The second kappa shape index (κ2) is 6.52. The summed E-state index contributed by atoms with van der Waals surface area (Å²) in [6.07, 6.45) is 0. The molecule has 0 atom stereocenters. The van der Waals surface area contributed by atoms with Crippen LogP contribution in [-0.2, 0) is 0 Å². The number of hydrogen-bond acceptors (Lipinski definition) is 1. The van der Waals surface area contributed by atoms with Crippen LogP contribution < -0.4 is 0 Å². The molecule has 1 heterocycles. The van der Waals surface area contributed by atoms with Gasteiger partial charge in [0.1, 0.15) is 0 Å². The molecular weight excluding hydrogens is 337 g/mol. The number of para-hydroxylation sites is 1. The summed E-state index contributed by atoms with van der Waals surface area (Å²) in [5.74, 6) is -3.95. The largest absolute Gasteiger partial charge is 0.232 e. The second-order valence-electron chi connectivity index (χ2n) is 5.78. The molecule has 1 aromatic heterocycles. The third-order valence-electron chi connectivity index (χ3n) is 4.06. The van der Waals surface area contributed by atoms with E-state index in [2.05, 4.69) is 5.10 Å². The van der Waals surface area contributed by atoms with Crippen molar-refractivity contribution in [1.82, 2.24) is 9.78 Å². The van der Waals surface area contributed by atoms with E-state index in [-0.39, 0.29) is 5.56 Å². The molecule has 4 aromatic rings. The molecule has 0 fully saturated rings. The maximum atomic E-state index is 13.7. The quantitative estimate of drug-likeness (QED) is 0.438. The topological polar surface area (TPSA) is 17.8 Å². The van der Waals surface area contributed by atoms with Crippen molar-refractivity contribution in [2.24, 2.45) is 0 Å². The van der Waals surface area contributed by atoms with Crippen LogP contribution in [0.5, 0.6) is 0 Å². The van der Waals surface area contributed by atoms with Gasteiger partial charge in [-0.3, -0.25) is 0 Å². The Labute approximate surface area is 148 Å². The van der Waals surface area contributed by atoms with Gasteiger partial charge in [0.25, 0.3) is 0 Å².